The van der Waals surface area contributed by atoms with Crippen LogP contribution in [0.1, 0.15) is 6.42 Å². The van der Waals surface area contributed by atoms with Gasteiger partial charge < -0.3 is 20.7 Å². The van der Waals surface area contributed by atoms with Gasteiger partial charge >= 0.3 is 0 Å². The number of hydrogen-bond acceptors (Lipinski definition) is 9. The second-order valence-electron chi connectivity index (χ2n) is 6.58. The number of halogens is 1. The van der Waals surface area contributed by atoms with Gasteiger partial charge in [0.1, 0.15) is 5.02 Å². The van der Waals surface area contributed by atoms with Gasteiger partial charge in [-0.05, 0) is 12.3 Å². The van der Waals surface area contributed by atoms with Crippen molar-refractivity contribution in [2.24, 2.45) is 5.92 Å². The van der Waals surface area contributed by atoms with E-state index in [0.717, 1.165) is 12.1 Å². The third kappa shape index (κ3) is 5.42. The Balaban J connectivity index is 1.57. The molecule has 0 spiro atoms. The molecule has 1 atom stereocenters. The highest BCUT2D eigenvalue weighted by molar-refractivity contribution is 7.88. The van der Waals surface area contributed by atoms with Gasteiger partial charge in [0.05, 0.1) is 37.8 Å². The Bertz CT molecular complexity index is 805. The lowest BCUT2D eigenvalue weighted by Crippen LogP contribution is -2.31. The maximum Gasteiger partial charge on any atom is 0.229 e. The van der Waals surface area contributed by atoms with E-state index in [-0.39, 0.29) is 12.5 Å². The largest absolute Gasteiger partial charge is 0.394 e. The van der Waals surface area contributed by atoms with E-state index in [4.69, 9.17) is 16.7 Å². The molecule has 27 heavy (non-hydrogen) atoms. The van der Waals surface area contributed by atoms with Gasteiger partial charge in [0.25, 0.3) is 0 Å². The number of aromatic nitrogens is 2. The summed E-state index contributed by atoms with van der Waals surface area (Å²) >= 11 is 6.18. The van der Waals surface area contributed by atoms with Crippen LogP contribution in [-0.4, -0.2) is 78.4 Å². The zero-order valence-electron chi connectivity index (χ0n) is 15.0. The molecule has 1 aromatic rings. The number of rotatable bonds is 8. The summed E-state index contributed by atoms with van der Waals surface area (Å²) in [5.41, 5.74) is 3.97. The molecule has 0 bridgehead atoms. The molecule has 0 aliphatic carbocycles. The second-order valence-corrected chi connectivity index (χ2v) is 8.97. The monoisotopic (exact) mass is 417 g/mol. The zero-order chi connectivity index (χ0) is 19.4. The Morgan fingerprint density at radius 1 is 1.48 bits per heavy atom. The fraction of sp³-hybridized carbons (Fsp3) is 0.600. The van der Waals surface area contributed by atoms with Crippen molar-refractivity contribution >= 4 is 33.4 Å². The van der Waals surface area contributed by atoms with E-state index >= 15 is 0 Å². The molecule has 2 aliphatic heterocycles. The van der Waals surface area contributed by atoms with Crippen LogP contribution < -0.4 is 16.1 Å². The fourth-order valence-electron chi connectivity index (χ4n) is 2.99. The van der Waals surface area contributed by atoms with E-state index in [0.29, 0.717) is 49.5 Å². The smallest absolute Gasteiger partial charge is 0.229 e. The van der Waals surface area contributed by atoms with Crippen molar-refractivity contribution < 1.29 is 13.5 Å². The summed E-state index contributed by atoms with van der Waals surface area (Å²) in [4.78, 5) is 8.58. The molecule has 0 radical (unpaired) electrons. The first kappa shape index (κ1) is 20.1. The molecule has 1 fully saturated rings. The molecule has 1 saturated heterocycles. The molecule has 2 aliphatic rings. The van der Waals surface area contributed by atoms with Gasteiger partial charge in [0, 0.05) is 25.8 Å². The SMILES string of the molecule is CS(=O)(=O)N1CC[C@H](CNc2nc(NC3=CN(CCO)NC3)ncc2Cl)C1. The van der Waals surface area contributed by atoms with Gasteiger partial charge in [-0.2, -0.15) is 4.98 Å². The maximum absolute atomic E-state index is 11.6. The van der Waals surface area contributed by atoms with Crippen LogP contribution in [0, 0.1) is 5.92 Å². The molecule has 3 heterocycles. The lowest BCUT2D eigenvalue weighted by molar-refractivity contribution is 0.210. The molecule has 0 amide bonds. The van der Waals surface area contributed by atoms with Crippen molar-refractivity contribution in [1.82, 2.24) is 24.7 Å². The summed E-state index contributed by atoms with van der Waals surface area (Å²) < 4.78 is 24.7. The molecule has 0 aromatic carbocycles. The minimum absolute atomic E-state index is 0.0558. The predicted octanol–water partition coefficient (Wildman–Crippen LogP) is -0.111. The number of β-amino-alcohol motifs (C(OH)–C–C–N with tert-alkyl or cyclic N) is 1. The maximum atomic E-state index is 11.6. The molecule has 150 valence electrons. The van der Waals surface area contributed by atoms with Gasteiger partial charge in [-0.3, -0.25) is 0 Å². The van der Waals surface area contributed by atoms with E-state index in [9.17, 15) is 8.42 Å². The summed E-state index contributed by atoms with van der Waals surface area (Å²) in [7, 11) is -3.14. The Labute approximate surface area is 163 Å². The highest BCUT2D eigenvalue weighted by Gasteiger charge is 2.28. The highest BCUT2D eigenvalue weighted by atomic mass is 35.5. The summed E-state index contributed by atoms with van der Waals surface area (Å²) in [6.07, 6.45) is 5.40. The molecule has 3 rings (SSSR count). The van der Waals surface area contributed by atoms with Crippen molar-refractivity contribution in [3.63, 3.8) is 0 Å². The van der Waals surface area contributed by atoms with Gasteiger partial charge in [-0.1, -0.05) is 11.6 Å². The minimum atomic E-state index is -3.14. The third-order valence-corrected chi connectivity index (χ3v) is 5.96. The average molecular weight is 418 g/mol. The zero-order valence-corrected chi connectivity index (χ0v) is 16.6. The van der Waals surface area contributed by atoms with Crippen LogP contribution in [0.4, 0.5) is 11.8 Å². The van der Waals surface area contributed by atoms with E-state index in [1.54, 1.807) is 5.01 Å². The predicted molar refractivity (Wildman–Crippen MR) is 104 cm³/mol. The Kier molecular flexibility index (Phi) is 6.37. The van der Waals surface area contributed by atoms with E-state index < -0.39 is 10.0 Å². The van der Waals surface area contributed by atoms with Crippen LogP contribution in [-0.2, 0) is 10.0 Å². The topological polar surface area (TPSA) is 123 Å². The van der Waals surface area contributed by atoms with E-state index in [1.807, 2.05) is 6.20 Å². The van der Waals surface area contributed by atoms with Crippen molar-refractivity contribution in [3.05, 3.63) is 23.1 Å². The van der Waals surface area contributed by atoms with Gasteiger partial charge in [-0.15, -0.1) is 0 Å². The Morgan fingerprint density at radius 3 is 3.00 bits per heavy atom. The molecular weight excluding hydrogens is 394 g/mol. The van der Waals surface area contributed by atoms with Crippen LogP contribution in [0.3, 0.4) is 0 Å². The lowest BCUT2D eigenvalue weighted by Gasteiger charge is -2.15. The number of hydrazine groups is 1. The van der Waals surface area contributed by atoms with Crippen LogP contribution in [0.25, 0.3) is 0 Å². The number of nitrogens with one attached hydrogen (secondary N) is 3. The van der Waals surface area contributed by atoms with E-state index in [1.165, 1.54) is 16.8 Å². The fourth-order valence-corrected chi connectivity index (χ4v) is 4.07. The Morgan fingerprint density at radius 2 is 2.30 bits per heavy atom. The second kappa shape index (κ2) is 8.57. The highest BCUT2D eigenvalue weighted by Crippen LogP contribution is 2.23. The average Bonchev–Trinajstić information content (AvgIpc) is 3.25. The van der Waals surface area contributed by atoms with Crippen LogP contribution in [0.5, 0.6) is 0 Å². The molecule has 10 nitrogen and oxygen atoms in total. The molecule has 4 N–H and O–H groups in total. The first-order chi connectivity index (χ1) is 12.8. The summed E-state index contributed by atoms with van der Waals surface area (Å²) in [6.45, 7) is 2.75. The molecule has 12 heteroatoms. The first-order valence-electron chi connectivity index (χ1n) is 8.65. The molecular formula is C15H24ClN7O3S. The van der Waals surface area contributed by atoms with Crippen molar-refractivity contribution in [3.8, 4) is 0 Å². The van der Waals surface area contributed by atoms with Gasteiger partial charge in [0.2, 0.25) is 16.0 Å². The summed E-state index contributed by atoms with van der Waals surface area (Å²) in [6, 6.07) is 0. The van der Waals surface area contributed by atoms with E-state index in [2.05, 4.69) is 26.0 Å². The summed E-state index contributed by atoms with van der Waals surface area (Å²) in [5, 5.41) is 17.5. The van der Waals surface area contributed by atoms with Crippen molar-refractivity contribution in [2.45, 2.75) is 6.42 Å². The molecule has 0 unspecified atom stereocenters. The van der Waals surface area contributed by atoms with Gasteiger partial charge in [0.15, 0.2) is 5.82 Å². The number of sulfonamides is 1. The van der Waals surface area contributed by atoms with Crippen molar-refractivity contribution in [2.75, 3.05) is 56.2 Å². The summed E-state index contributed by atoms with van der Waals surface area (Å²) in [5.74, 6) is 1.12. The molecule has 1 aromatic heterocycles. The number of aliphatic hydroxyl groups excluding tert-OH is 1. The van der Waals surface area contributed by atoms with Gasteiger partial charge in [-0.25, -0.2) is 23.1 Å². The minimum Gasteiger partial charge on any atom is -0.394 e. The number of aliphatic hydroxyl groups is 1. The molecule has 0 saturated carbocycles. The Hall–Kier alpha value is -1.66. The number of anilines is 2. The number of hydrogen-bond donors (Lipinski definition) is 4. The first-order valence-corrected chi connectivity index (χ1v) is 10.9. The third-order valence-electron chi connectivity index (χ3n) is 4.42. The van der Waals surface area contributed by atoms with Crippen LogP contribution in [0.2, 0.25) is 5.02 Å². The van der Waals surface area contributed by atoms with Crippen LogP contribution >= 0.6 is 11.6 Å². The standard InChI is InChI=1S/C15H24ClN7O3S/c1-27(25,26)23-3-2-11(9-23)6-17-14-13(16)8-18-15(21-14)20-12-7-19-22(10-12)4-5-24/h8,10-11,19,24H,2-7,9H2,1H3,(H2,17,18,20,21)/t11-/m1/s1. The quantitative estimate of drug-likeness (QED) is 0.458. The normalized spacial score (nSPS) is 20.8. The van der Waals surface area contributed by atoms with Crippen LogP contribution in [0.15, 0.2) is 18.1 Å². The lowest BCUT2D eigenvalue weighted by atomic mass is 10.1. The van der Waals surface area contributed by atoms with Crippen molar-refractivity contribution in [1.29, 1.82) is 0 Å². The number of nitrogens with zero attached hydrogens (tertiary/aromatic N) is 4.